The SMILES string of the molecule is CCOCC(=O)Nc1cccc(-n2c(C)nc3ccccc3c2=O)c1. The Kier molecular flexibility index (Phi) is 4.90. The topological polar surface area (TPSA) is 73.2 Å². The maximum atomic E-state index is 12.8. The molecule has 0 aliphatic rings. The van der Waals surface area contributed by atoms with Crippen LogP contribution >= 0.6 is 0 Å². The molecule has 0 bridgehead atoms. The summed E-state index contributed by atoms with van der Waals surface area (Å²) in [7, 11) is 0. The number of anilines is 1. The number of aromatic nitrogens is 2. The summed E-state index contributed by atoms with van der Waals surface area (Å²) in [6.07, 6.45) is 0. The maximum Gasteiger partial charge on any atom is 0.265 e. The predicted molar refractivity (Wildman–Crippen MR) is 97.2 cm³/mol. The molecule has 1 heterocycles. The second-order valence-corrected chi connectivity index (χ2v) is 5.55. The van der Waals surface area contributed by atoms with Crippen LogP contribution in [0.15, 0.2) is 53.3 Å². The van der Waals surface area contributed by atoms with Gasteiger partial charge in [-0.2, -0.15) is 0 Å². The number of para-hydroxylation sites is 1. The van der Waals surface area contributed by atoms with Gasteiger partial charge in [-0.05, 0) is 44.2 Å². The summed E-state index contributed by atoms with van der Waals surface area (Å²) in [6, 6.07) is 14.3. The molecule has 2 aromatic carbocycles. The van der Waals surface area contributed by atoms with Crippen LogP contribution in [0.1, 0.15) is 12.7 Å². The van der Waals surface area contributed by atoms with Gasteiger partial charge in [0.25, 0.3) is 5.56 Å². The largest absolute Gasteiger partial charge is 0.372 e. The minimum atomic E-state index is -0.236. The standard InChI is InChI=1S/C19H19N3O3/c1-3-25-12-18(23)21-14-7-6-8-15(11-14)22-13(2)20-17-10-5-4-9-16(17)19(22)24/h4-11H,3,12H2,1-2H3,(H,21,23). The lowest BCUT2D eigenvalue weighted by molar-refractivity contribution is -0.120. The van der Waals surface area contributed by atoms with Crippen molar-refractivity contribution in [1.29, 1.82) is 0 Å². The van der Waals surface area contributed by atoms with Crippen LogP contribution in [-0.2, 0) is 9.53 Å². The Hall–Kier alpha value is -2.99. The number of hydrogen-bond donors (Lipinski definition) is 1. The minimum Gasteiger partial charge on any atom is -0.372 e. The molecule has 0 unspecified atom stereocenters. The molecule has 1 aromatic heterocycles. The van der Waals surface area contributed by atoms with E-state index in [2.05, 4.69) is 10.3 Å². The Bertz CT molecular complexity index is 979. The van der Waals surface area contributed by atoms with Crippen LogP contribution in [0.2, 0.25) is 0 Å². The number of ether oxygens (including phenoxy) is 1. The average molecular weight is 337 g/mol. The zero-order valence-corrected chi connectivity index (χ0v) is 14.2. The van der Waals surface area contributed by atoms with E-state index in [1.54, 1.807) is 35.8 Å². The number of rotatable bonds is 5. The summed E-state index contributed by atoms with van der Waals surface area (Å²) in [4.78, 5) is 29.2. The zero-order valence-electron chi connectivity index (χ0n) is 14.2. The fourth-order valence-electron chi connectivity index (χ4n) is 2.66. The lowest BCUT2D eigenvalue weighted by atomic mass is 10.2. The number of aryl methyl sites for hydroxylation is 1. The van der Waals surface area contributed by atoms with E-state index < -0.39 is 0 Å². The van der Waals surface area contributed by atoms with E-state index >= 15 is 0 Å². The first-order chi connectivity index (χ1) is 12.1. The molecular weight excluding hydrogens is 318 g/mol. The second-order valence-electron chi connectivity index (χ2n) is 5.55. The van der Waals surface area contributed by atoms with Gasteiger partial charge in [0.05, 0.1) is 16.6 Å². The normalized spacial score (nSPS) is 10.8. The van der Waals surface area contributed by atoms with Gasteiger partial charge in [-0.1, -0.05) is 18.2 Å². The highest BCUT2D eigenvalue weighted by molar-refractivity contribution is 5.92. The first-order valence-corrected chi connectivity index (χ1v) is 8.06. The van der Waals surface area contributed by atoms with Crippen LogP contribution in [0.3, 0.4) is 0 Å². The number of amides is 1. The monoisotopic (exact) mass is 337 g/mol. The number of nitrogens with one attached hydrogen (secondary N) is 1. The lowest BCUT2D eigenvalue weighted by Gasteiger charge is -2.12. The summed E-state index contributed by atoms with van der Waals surface area (Å²) < 4.78 is 6.63. The molecular formula is C19H19N3O3. The van der Waals surface area contributed by atoms with Crippen molar-refractivity contribution < 1.29 is 9.53 Å². The van der Waals surface area contributed by atoms with Gasteiger partial charge in [-0.25, -0.2) is 4.98 Å². The summed E-state index contributed by atoms with van der Waals surface area (Å²) >= 11 is 0. The molecule has 0 aliphatic carbocycles. The Labute approximate surface area is 145 Å². The number of hydrogen-bond acceptors (Lipinski definition) is 4. The van der Waals surface area contributed by atoms with Crippen molar-refractivity contribution in [2.45, 2.75) is 13.8 Å². The first-order valence-electron chi connectivity index (χ1n) is 8.06. The molecule has 0 saturated carbocycles. The summed E-state index contributed by atoms with van der Waals surface area (Å²) in [5.74, 6) is 0.348. The fourth-order valence-corrected chi connectivity index (χ4v) is 2.66. The van der Waals surface area contributed by atoms with E-state index in [1.807, 2.05) is 31.2 Å². The van der Waals surface area contributed by atoms with Gasteiger partial charge in [-0.3, -0.25) is 14.2 Å². The zero-order chi connectivity index (χ0) is 17.8. The molecule has 0 aliphatic heterocycles. The third-order valence-corrected chi connectivity index (χ3v) is 3.77. The van der Waals surface area contributed by atoms with Gasteiger partial charge in [0, 0.05) is 12.3 Å². The van der Waals surface area contributed by atoms with Crippen molar-refractivity contribution >= 4 is 22.5 Å². The molecule has 0 atom stereocenters. The summed E-state index contributed by atoms with van der Waals surface area (Å²) in [5, 5.41) is 3.32. The van der Waals surface area contributed by atoms with E-state index in [1.165, 1.54) is 0 Å². The molecule has 1 amide bonds. The molecule has 25 heavy (non-hydrogen) atoms. The highest BCUT2D eigenvalue weighted by Gasteiger charge is 2.10. The van der Waals surface area contributed by atoms with Crippen LogP contribution in [0.5, 0.6) is 0 Å². The van der Waals surface area contributed by atoms with Gasteiger partial charge in [0.2, 0.25) is 5.91 Å². The second kappa shape index (κ2) is 7.27. The third kappa shape index (κ3) is 3.59. The predicted octanol–water partition coefficient (Wildman–Crippen LogP) is 2.67. The van der Waals surface area contributed by atoms with Crippen molar-refractivity contribution in [3.63, 3.8) is 0 Å². The molecule has 1 N–H and O–H groups in total. The molecule has 0 saturated heterocycles. The number of carbonyl (C=O) groups is 1. The average Bonchev–Trinajstić information content (AvgIpc) is 2.60. The van der Waals surface area contributed by atoms with Gasteiger partial charge in [-0.15, -0.1) is 0 Å². The van der Waals surface area contributed by atoms with E-state index in [0.29, 0.717) is 34.7 Å². The Morgan fingerprint density at radius 2 is 2.00 bits per heavy atom. The molecule has 3 aromatic rings. The first kappa shape index (κ1) is 16.9. The summed E-state index contributed by atoms with van der Waals surface area (Å²) in [6.45, 7) is 4.09. The number of nitrogens with zero attached hydrogens (tertiary/aromatic N) is 2. The van der Waals surface area contributed by atoms with Gasteiger partial charge in [0.1, 0.15) is 12.4 Å². The van der Waals surface area contributed by atoms with Crippen molar-refractivity contribution in [3.05, 3.63) is 64.7 Å². The third-order valence-electron chi connectivity index (χ3n) is 3.77. The molecule has 6 nitrogen and oxygen atoms in total. The van der Waals surface area contributed by atoms with Crippen LogP contribution in [0.25, 0.3) is 16.6 Å². The fraction of sp³-hybridized carbons (Fsp3) is 0.211. The van der Waals surface area contributed by atoms with E-state index in [0.717, 1.165) is 0 Å². The van der Waals surface area contributed by atoms with Gasteiger partial charge < -0.3 is 10.1 Å². The Morgan fingerprint density at radius 1 is 1.20 bits per heavy atom. The molecule has 0 fully saturated rings. The van der Waals surface area contributed by atoms with Gasteiger partial charge >= 0.3 is 0 Å². The minimum absolute atomic E-state index is 0.00274. The quantitative estimate of drug-likeness (QED) is 0.777. The van der Waals surface area contributed by atoms with Crippen molar-refractivity contribution in [1.82, 2.24) is 9.55 Å². The van der Waals surface area contributed by atoms with Crippen LogP contribution in [0, 0.1) is 6.92 Å². The van der Waals surface area contributed by atoms with E-state index in [-0.39, 0.29) is 18.1 Å². The number of fused-ring (bicyclic) bond motifs is 1. The molecule has 6 heteroatoms. The number of benzene rings is 2. The van der Waals surface area contributed by atoms with Crippen LogP contribution in [0.4, 0.5) is 5.69 Å². The lowest BCUT2D eigenvalue weighted by Crippen LogP contribution is -2.23. The highest BCUT2D eigenvalue weighted by Crippen LogP contribution is 2.16. The highest BCUT2D eigenvalue weighted by atomic mass is 16.5. The van der Waals surface area contributed by atoms with E-state index in [9.17, 15) is 9.59 Å². The smallest absolute Gasteiger partial charge is 0.265 e. The van der Waals surface area contributed by atoms with E-state index in [4.69, 9.17) is 4.74 Å². The Balaban J connectivity index is 2.00. The van der Waals surface area contributed by atoms with Crippen LogP contribution < -0.4 is 10.9 Å². The molecule has 3 rings (SSSR count). The maximum absolute atomic E-state index is 12.8. The molecule has 128 valence electrons. The number of carbonyl (C=O) groups excluding carboxylic acids is 1. The summed E-state index contributed by atoms with van der Waals surface area (Å²) in [5.41, 5.74) is 1.78. The van der Waals surface area contributed by atoms with Crippen molar-refractivity contribution in [2.24, 2.45) is 0 Å². The van der Waals surface area contributed by atoms with Crippen molar-refractivity contribution in [2.75, 3.05) is 18.5 Å². The molecule has 0 radical (unpaired) electrons. The van der Waals surface area contributed by atoms with Gasteiger partial charge in [0.15, 0.2) is 0 Å². The molecule has 0 spiro atoms. The Morgan fingerprint density at radius 3 is 2.80 bits per heavy atom. The van der Waals surface area contributed by atoms with Crippen LogP contribution in [-0.4, -0.2) is 28.7 Å². The van der Waals surface area contributed by atoms with Crippen molar-refractivity contribution in [3.8, 4) is 5.69 Å².